The molecule has 0 spiro atoms. The topological polar surface area (TPSA) is 92.8 Å². The molecular weight excluding hydrogens is 433 g/mol. The second-order valence-corrected chi connectivity index (χ2v) is 8.30. The average Bonchev–Trinajstić information content (AvgIpc) is 3.39. The number of hydrogen-bond acceptors (Lipinski definition) is 6. The van der Waals surface area contributed by atoms with Gasteiger partial charge in [0.25, 0.3) is 5.56 Å². The van der Waals surface area contributed by atoms with Crippen LogP contribution in [0.1, 0.15) is 36.0 Å². The monoisotopic (exact) mass is 455 g/mol. The molecular formula is C26H22FN5O2. The smallest absolute Gasteiger partial charge is 0.266 e. The van der Waals surface area contributed by atoms with Crippen molar-refractivity contribution in [1.82, 2.24) is 19.9 Å². The first kappa shape index (κ1) is 21.7. The first-order chi connectivity index (χ1) is 16.5. The summed E-state index contributed by atoms with van der Waals surface area (Å²) in [4.78, 5) is 23.2. The van der Waals surface area contributed by atoms with Crippen LogP contribution in [0.3, 0.4) is 0 Å². The van der Waals surface area contributed by atoms with Gasteiger partial charge in [-0.1, -0.05) is 6.07 Å². The number of ether oxygens (including phenoxy) is 1. The summed E-state index contributed by atoms with van der Waals surface area (Å²) in [7, 11) is 1.39. The molecule has 170 valence electrons. The van der Waals surface area contributed by atoms with E-state index in [1.807, 2.05) is 19.1 Å². The highest BCUT2D eigenvalue weighted by molar-refractivity contribution is 5.94. The molecule has 0 radical (unpaired) electrons. The van der Waals surface area contributed by atoms with E-state index in [0.29, 0.717) is 28.2 Å². The molecule has 0 aliphatic carbocycles. The minimum atomic E-state index is -0.575. The van der Waals surface area contributed by atoms with E-state index < -0.39 is 5.82 Å². The van der Waals surface area contributed by atoms with Gasteiger partial charge in [-0.2, -0.15) is 5.26 Å². The van der Waals surface area contributed by atoms with E-state index in [0.717, 1.165) is 30.6 Å². The third kappa shape index (κ3) is 3.70. The van der Waals surface area contributed by atoms with Crippen molar-refractivity contribution in [2.75, 3.05) is 13.7 Å². The van der Waals surface area contributed by atoms with Crippen LogP contribution >= 0.6 is 0 Å². The van der Waals surface area contributed by atoms with Gasteiger partial charge in [-0.25, -0.2) is 9.37 Å². The number of nitrogens with zero attached hydrogens (tertiary/aromatic N) is 4. The van der Waals surface area contributed by atoms with E-state index in [4.69, 9.17) is 9.72 Å². The molecule has 0 saturated carbocycles. The van der Waals surface area contributed by atoms with Crippen LogP contribution in [0.4, 0.5) is 4.39 Å². The van der Waals surface area contributed by atoms with E-state index in [2.05, 4.69) is 16.4 Å². The zero-order chi connectivity index (χ0) is 23.8. The maximum atomic E-state index is 14.6. The SMILES string of the molecule is COc1ccc(-n2c(C3CCCN3)nc3c(-c4ccc(C)nc4)cc(C#N)cc3c2=O)cc1F. The van der Waals surface area contributed by atoms with Crippen LogP contribution in [0, 0.1) is 24.1 Å². The lowest BCUT2D eigenvalue weighted by atomic mass is 10.00. The summed E-state index contributed by atoms with van der Waals surface area (Å²) >= 11 is 0. The predicted octanol–water partition coefficient (Wildman–Crippen LogP) is 4.20. The lowest BCUT2D eigenvalue weighted by molar-refractivity contribution is 0.386. The number of aromatic nitrogens is 3. The summed E-state index contributed by atoms with van der Waals surface area (Å²) in [5, 5.41) is 13.3. The van der Waals surface area contributed by atoms with Crippen LogP contribution in [0.15, 0.2) is 53.5 Å². The van der Waals surface area contributed by atoms with Gasteiger partial charge in [0.2, 0.25) is 0 Å². The van der Waals surface area contributed by atoms with Crippen LogP contribution in [0.2, 0.25) is 0 Å². The van der Waals surface area contributed by atoms with Crippen LogP contribution in [-0.4, -0.2) is 28.2 Å². The molecule has 2 aromatic heterocycles. The molecule has 3 heterocycles. The van der Waals surface area contributed by atoms with Crippen molar-refractivity contribution in [3.05, 3.63) is 81.9 Å². The number of aryl methyl sites for hydroxylation is 1. The Morgan fingerprint density at radius 3 is 2.74 bits per heavy atom. The fraction of sp³-hybridized carbons (Fsp3) is 0.231. The number of methoxy groups -OCH3 is 1. The molecule has 5 rings (SSSR count). The Labute approximate surface area is 195 Å². The van der Waals surface area contributed by atoms with E-state index in [1.54, 1.807) is 18.3 Å². The zero-order valence-electron chi connectivity index (χ0n) is 18.8. The Morgan fingerprint density at radius 2 is 2.09 bits per heavy atom. The Bertz CT molecular complexity index is 1500. The molecule has 1 N–H and O–H groups in total. The van der Waals surface area contributed by atoms with Gasteiger partial charge in [0.15, 0.2) is 11.6 Å². The lowest BCUT2D eigenvalue weighted by Crippen LogP contribution is -2.29. The Hall–Kier alpha value is -4.09. The van der Waals surface area contributed by atoms with Crippen LogP contribution in [0.25, 0.3) is 27.7 Å². The van der Waals surface area contributed by atoms with Gasteiger partial charge in [-0.15, -0.1) is 0 Å². The summed E-state index contributed by atoms with van der Waals surface area (Å²) in [5.74, 6) is 0.0205. The predicted molar refractivity (Wildman–Crippen MR) is 127 cm³/mol. The molecule has 8 heteroatoms. The minimum Gasteiger partial charge on any atom is -0.494 e. The van der Waals surface area contributed by atoms with E-state index >= 15 is 0 Å². The molecule has 0 amide bonds. The van der Waals surface area contributed by atoms with Crippen molar-refractivity contribution in [2.45, 2.75) is 25.8 Å². The van der Waals surface area contributed by atoms with Gasteiger partial charge in [-0.05, 0) is 56.6 Å². The minimum absolute atomic E-state index is 0.0898. The van der Waals surface area contributed by atoms with Crippen molar-refractivity contribution in [2.24, 2.45) is 0 Å². The fourth-order valence-corrected chi connectivity index (χ4v) is 4.40. The number of benzene rings is 2. The van der Waals surface area contributed by atoms with Gasteiger partial charge < -0.3 is 10.1 Å². The third-order valence-corrected chi connectivity index (χ3v) is 6.12. The van der Waals surface area contributed by atoms with Gasteiger partial charge >= 0.3 is 0 Å². The molecule has 7 nitrogen and oxygen atoms in total. The van der Waals surface area contributed by atoms with Gasteiger partial charge in [0, 0.05) is 29.1 Å². The third-order valence-electron chi connectivity index (χ3n) is 6.12. The van der Waals surface area contributed by atoms with Crippen molar-refractivity contribution >= 4 is 10.9 Å². The number of hydrogen-bond donors (Lipinski definition) is 1. The van der Waals surface area contributed by atoms with E-state index in [9.17, 15) is 14.4 Å². The van der Waals surface area contributed by atoms with E-state index in [1.165, 1.54) is 29.9 Å². The summed E-state index contributed by atoms with van der Waals surface area (Å²) < 4.78 is 21.1. The number of pyridine rings is 1. The van der Waals surface area contributed by atoms with Crippen molar-refractivity contribution < 1.29 is 9.13 Å². The lowest BCUT2D eigenvalue weighted by Gasteiger charge is -2.20. The normalized spacial score (nSPS) is 15.4. The van der Waals surface area contributed by atoms with Crippen molar-refractivity contribution in [3.8, 4) is 28.6 Å². The number of rotatable bonds is 4. The van der Waals surface area contributed by atoms with Crippen molar-refractivity contribution in [3.63, 3.8) is 0 Å². The standard InChI is InChI=1S/C26H22FN5O2/c1-15-5-6-17(14-30-15)19-10-16(13-28)11-20-24(19)31-25(22-4-3-9-29-22)32(26(20)33)18-7-8-23(34-2)21(27)12-18/h5-8,10-12,14,22,29H,3-4,9H2,1-2H3. The first-order valence-electron chi connectivity index (χ1n) is 11.0. The summed E-state index contributed by atoms with van der Waals surface area (Å²) in [6, 6.07) is 13.4. The molecule has 4 aromatic rings. The van der Waals surface area contributed by atoms with Gasteiger partial charge in [-0.3, -0.25) is 14.3 Å². The molecule has 1 aliphatic heterocycles. The van der Waals surface area contributed by atoms with Crippen molar-refractivity contribution in [1.29, 1.82) is 5.26 Å². The number of nitriles is 1. The Kier molecular flexibility index (Phi) is 5.56. The molecule has 0 bridgehead atoms. The van der Waals surface area contributed by atoms with Crippen LogP contribution in [-0.2, 0) is 0 Å². The fourth-order valence-electron chi connectivity index (χ4n) is 4.40. The highest BCUT2D eigenvalue weighted by Crippen LogP contribution is 2.31. The largest absolute Gasteiger partial charge is 0.494 e. The number of fused-ring (bicyclic) bond motifs is 1. The highest BCUT2D eigenvalue weighted by atomic mass is 19.1. The second kappa shape index (κ2) is 8.69. The molecule has 1 atom stereocenters. The van der Waals surface area contributed by atoms with Gasteiger partial charge in [0.05, 0.1) is 41.4 Å². The Morgan fingerprint density at radius 1 is 1.24 bits per heavy atom. The first-order valence-corrected chi connectivity index (χ1v) is 11.0. The molecule has 1 saturated heterocycles. The van der Waals surface area contributed by atoms with E-state index in [-0.39, 0.29) is 22.7 Å². The molecule has 2 aromatic carbocycles. The maximum Gasteiger partial charge on any atom is 0.266 e. The second-order valence-electron chi connectivity index (χ2n) is 8.30. The zero-order valence-corrected chi connectivity index (χ0v) is 18.8. The molecule has 1 fully saturated rings. The highest BCUT2D eigenvalue weighted by Gasteiger charge is 2.25. The van der Waals surface area contributed by atoms with Crippen LogP contribution in [0.5, 0.6) is 5.75 Å². The molecule has 1 aliphatic rings. The number of halogens is 1. The summed E-state index contributed by atoms with van der Waals surface area (Å²) in [6.45, 7) is 2.69. The molecule has 34 heavy (non-hydrogen) atoms. The summed E-state index contributed by atoms with van der Waals surface area (Å²) in [5.41, 5.74) is 3.09. The maximum absolute atomic E-state index is 14.6. The quantitative estimate of drug-likeness (QED) is 0.496. The number of nitrogens with one attached hydrogen (secondary N) is 1. The van der Waals surface area contributed by atoms with Gasteiger partial charge in [0.1, 0.15) is 5.82 Å². The molecule has 1 unspecified atom stereocenters. The van der Waals surface area contributed by atoms with Crippen LogP contribution < -0.4 is 15.6 Å². The summed E-state index contributed by atoms with van der Waals surface area (Å²) in [6.07, 6.45) is 3.46. The average molecular weight is 455 g/mol. The Balaban J connectivity index is 1.85.